The van der Waals surface area contributed by atoms with Crippen LogP contribution >= 0.6 is 11.6 Å². The van der Waals surface area contributed by atoms with Crippen LogP contribution in [0.15, 0.2) is 6.07 Å². The molecule has 6 nitrogen and oxygen atoms in total. The van der Waals surface area contributed by atoms with Crippen LogP contribution in [0.2, 0.25) is 5.02 Å². The van der Waals surface area contributed by atoms with Crippen molar-refractivity contribution in [1.82, 2.24) is 0 Å². The molecule has 16 heavy (non-hydrogen) atoms. The number of carboxylic acid groups (broad SMARTS) is 1. The van der Waals surface area contributed by atoms with Crippen molar-refractivity contribution in [2.24, 2.45) is 0 Å². The molecule has 1 aliphatic heterocycles. The third kappa shape index (κ3) is 1.52. The molecule has 0 saturated carbocycles. The van der Waals surface area contributed by atoms with Gasteiger partial charge in [0.25, 0.3) is 0 Å². The van der Waals surface area contributed by atoms with Crippen LogP contribution < -0.4 is 9.47 Å². The average Bonchev–Trinajstić information content (AvgIpc) is 2.66. The summed E-state index contributed by atoms with van der Waals surface area (Å²) in [5.74, 6) is -1.86. The number of rotatable bonds is 2. The fourth-order valence-electron chi connectivity index (χ4n) is 1.40. The Morgan fingerprint density at radius 1 is 1.50 bits per heavy atom. The van der Waals surface area contributed by atoms with Gasteiger partial charge in [-0.25, -0.2) is 4.79 Å². The Hall–Kier alpha value is -1.66. The molecular formula is C9H7ClO6. The summed E-state index contributed by atoms with van der Waals surface area (Å²) in [7, 11) is 0. The number of halogens is 1. The van der Waals surface area contributed by atoms with Crippen LogP contribution in [0.4, 0.5) is 0 Å². The van der Waals surface area contributed by atoms with Crippen molar-refractivity contribution in [2.75, 3.05) is 6.79 Å². The highest BCUT2D eigenvalue weighted by Gasteiger charge is 2.31. The maximum absolute atomic E-state index is 10.7. The predicted molar refractivity (Wildman–Crippen MR) is 51.8 cm³/mol. The topological polar surface area (TPSA) is 96.2 Å². The van der Waals surface area contributed by atoms with Gasteiger partial charge < -0.3 is 24.8 Å². The lowest BCUT2D eigenvalue weighted by Crippen LogP contribution is -2.11. The van der Waals surface area contributed by atoms with Crippen molar-refractivity contribution >= 4 is 17.6 Å². The largest absolute Gasteiger partial charge is 0.506 e. The number of phenols is 1. The number of aliphatic hydroxyl groups excluding tert-OH is 1. The number of carboxylic acids is 1. The highest BCUT2D eigenvalue weighted by molar-refractivity contribution is 6.32. The summed E-state index contributed by atoms with van der Waals surface area (Å²) in [5.41, 5.74) is -0.299. The van der Waals surface area contributed by atoms with E-state index in [1.165, 1.54) is 6.07 Å². The molecule has 1 unspecified atom stereocenters. The normalized spacial score (nSPS) is 14.9. The minimum Gasteiger partial charge on any atom is -0.506 e. The van der Waals surface area contributed by atoms with Crippen molar-refractivity contribution in [1.29, 1.82) is 0 Å². The number of aliphatic carboxylic acids is 1. The van der Waals surface area contributed by atoms with Crippen molar-refractivity contribution in [3.05, 3.63) is 16.7 Å². The van der Waals surface area contributed by atoms with E-state index in [-0.39, 0.29) is 28.9 Å². The van der Waals surface area contributed by atoms with Crippen LogP contribution in [0.5, 0.6) is 17.2 Å². The van der Waals surface area contributed by atoms with Gasteiger partial charge in [-0.3, -0.25) is 0 Å². The molecule has 0 aromatic heterocycles. The number of aromatic hydroxyl groups is 1. The van der Waals surface area contributed by atoms with Gasteiger partial charge in [0.05, 0.1) is 10.6 Å². The molecule has 86 valence electrons. The molecule has 0 aliphatic carbocycles. The first-order chi connectivity index (χ1) is 7.52. The van der Waals surface area contributed by atoms with Gasteiger partial charge in [0.2, 0.25) is 6.79 Å². The molecule has 3 N–H and O–H groups in total. The molecule has 1 aromatic rings. The van der Waals surface area contributed by atoms with Crippen molar-refractivity contribution in [2.45, 2.75) is 6.10 Å². The van der Waals surface area contributed by atoms with E-state index in [1.807, 2.05) is 0 Å². The summed E-state index contributed by atoms with van der Waals surface area (Å²) in [6.07, 6.45) is -1.92. The molecule has 0 bridgehead atoms. The first-order valence-electron chi connectivity index (χ1n) is 4.24. The van der Waals surface area contributed by atoms with Crippen LogP contribution in [-0.4, -0.2) is 28.1 Å². The van der Waals surface area contributed by atoms with Crippen LogP contribution in [-0.2, 0) is 4.79 Å². The first kappa shape index (κ1) is 10.8. The number of hydrogen-bond acceptors (Lipinski definition) is 5. The molecule has 0 fully saturated rings. The Bertz CT molecular complexity index is 458. The number of phenolic OH excluding ortho intramolecular Hbond substituents is 1. The summed E-state index contributed by atoms with van der Waals surface area (Å²) in [5, 5.41) is 27.6. The predicted octanol–water partition coefficient (Wildman–Crippen LogP) is 0.892. The van der Waals surface area contributed by atoms with Crippen LogP contribution in [0.1, 0.15) is 11.7 Å². The SMILES string of the molecule is O=C(O)C(O)c1c(O)c(Cl)cc2c1OCO2. The average molecular weight is 247 g/mol. The monoisotopic (exact) mass is 246 g/mol. The van der Waals surface area contributed by atoms with Gasteiger partial charge in [-0.2, -0.15) is 0 Å². The quantitative estimate of drug-likeness (QED) is 0.717. The third-order valence-electron chi connectivity index (χ3n) is 2.13. The van der Waals surface area contributed by atoms with Gasteiger partial charge in [0.1, 0.15) is 5.75 Å². The molecule has 7 heteroatoms. The minimum atomic E-state index is -1.92. The van der Waals surface area contributed by atoms with Gasteiger partial charge in [0, 0.05) is 6.07 Å². The standard InChI is InChI=1S/C9H7ClO6/c10-3-1-4-8(16-2-15-4)5(6(3)11)7(12)9(13)14/h1,7,11-12H,2H2,(H,13,14). The Morgan fingerprint density at radius 3 is 2.81 bits per heavy atom. The maximum atomic E-state index is 10.7. The number of aliphatic hydroxyl groups is 1. The van der Waals surface area contributed by atoms with E-state index >= 15 is 0 Å². The first-order valence-corrected chi connectivity index (χ1v) is 4.62. The smallest absolute Gasteiger partial charge is 0.337 e. The summed E-state index contributed by atoms with van der Waals surface area (Å²) < 4.78 is 9.96. The van der Waals surface area contributed by atoms with Gasteiger partial charge in [0.15, 0.2) is 17.6 Å². The second-order valence-corrected chi connectivity index (χ2v) is 3.50. The fourth-order valence-corrected chi connectivity index (χ4v) is 1.60. The number of hydrogen-bond donors (Lipinski definition) is 3. The number of ether oxygens (including phenoxy) is 2. The number of carbonyl (C=O) groups is 1. The lowest BCUT2D eigenvalue weighted by molar-refractivity contribution is -0.147. The number of benzene rings is 1. The molecular weight excluding hydrogens is 240 g/mol. The zero-order valence-corrected chi connectivity index (χ0v) is 8.56. The van der Waals surface area contributed by atoms with Crippen molar-refractivity contribution in [3.63, 3.8) is 0 Å². The van der Waals surface area contributed by atoms with Gasteiger partial charge in [-0.1, -0.05) is 11.6 Å². The van der Waals surface area contributed by atoms with E-state index in [1.54, 1.807) is 0 Å². The van der Waals surface area contributed by atoms with Crippen LogP contribution in [0.3, 0.4) is 0 Å². The Balaban J connectivity index is 2.63. The summed E-state index contributed by atoms with van der Waals surface area (Å²) in [6, 6.07) is 1.29. The fraction of sp³-hybridized carbons (Fsp3) is 0.222. The second-order valence-electron chi connectivity index (χ2n) is 3.10. The van der Waals surface area contributed by atoms with Crippen LogP contribution in [0, 0.1) is 0 Å². The maximum Gasteiger partial charge on any atom is 0.337 e. The van der Waals surface area contributed by atoms with Crippen molar-refractivity contribution < 1.29 is 29.6 Å². The molecule has 0 amide bonds. The summed E-state index contributed by atoms with van der Waals surface area (Å²) in [6.45, 7) is -0.117. The minimum absolute atomic E-state index is 0.00296. The van der Waals surface area contributed by atoms with Gasteiger partial charge >= 0.3 is 5.97 Å². The lowest BCUT2D eigenvalue weighted by atomic mass is 10.1. The van der Waals surface area contributed by atoms with E-state index < -0.39 is 17.8 Å². The zero-order chi connectivity index (χ0) is 11.9. The molecule has 1 heterocycles. The van der Waals surface area contributed by atoms with Crippen LogP contribution in [0.25, 0.3) is 0 Å². The van der Waals surface area contributed by atoms with Crippen molar-refractivity contribution in [3.8, 4) is 17.2 Å². The summed E-state index contributed by atoms with van der Waals surface area (Å²) >= 11 is 5.66. The van der Waals surface area contributed by atoms with Gasteiger partial charge in [-0.05, 0) is 0 Å². The number of fused-ring (bicyclic) bond motifs is 1. The Morgan fingerprint density at radius 2 is 2.19 bits per heavy atom. The Labute approximate surface area is 94.6 Å². The molecule has 1 atom stereocenters. The highest BCUT2D eigenvalue weighted by atomic mass is 35.5. The molecule has 2 rings (SSSR count). The second kappa shape index (κ2) is 3.73. The molecule has 0 spiro atoms. The molecule has 1 aromatic carbocycles. The molecule has 0 radical (unpaired) electrons. The van der Waals surface area contributed by atoms with E-state index in [9.17, 15) is 15.0 Å². The van der Waals surface area contributed by atoms with E-state index in [0.29, 0.717) is 0 Å². The van der Waals surface area contributed by atoms with Gasteiger partial charge in [-0.15, -0.1) is 0 Å². The van der Waals surface area contributed by atoms with E-state index in [2.05, 4.69) is 0 Å². The van der Waals surface area contributed by atoms with E-state index in [4.69, 9.17) is 26.2 Å². The highest BCUT2D eigenvalue weighted by Crippen LogP contribution is 2.47. The molecule has 1 aliphatic rings. The zero-order valence-electron chi connectivity index (χ0n) is 7.81. The Kier molecular flexibility index (Phi) is 2.53. The third-order valence-corrected chi connectivity index (χ3v) is 2.42. The molecule has 0 saturated heterocycles. The summed E-state index contributed by atoms with van der Waals surface area (Å²) in [4.78, 5) is 10.7. The lowest BCUT2D eigenvalue weighted by Gasteiger charge is -2.12. The van der Waals surface area contributed by atoms with E-state index in [0.717, 1.165) is 0 Å².